The van der Waals surface area contributed by atoms with Gasteiger partial charge in [-0.15, -0.1) is 0 Å². The number of ether oxygens (including phenoxy) is 1. The highest BCUT2D eigenvalue weighted by molar-refractivity contribution is 5.45. The monoisotopic (exact) mass is 286 g/mol. The Morgan fingerprint density at radius 1 is 1.19 bits per heavy atom. The molecule has 21 heavy (non-hydrogen) atoms. The van der Waals surface area contributed by atoms with Gasteiger partial charge < -0.3 is 9.84 Å². The number of hydrogen-bond acceptors (Lipinski definition) is 2. The van der Waals surface area contributed by atoms with Crippen LogP contribution in [0.4, 0.5) is 4.39 Å². The second-order valence-electron chi connectivity index (χ2n) is 6.27. The van der Waals surface area contributed by atoms with Crippen LogP contribution >= 0.6 is 0 Å². The van der Waals surface area contributed by atoms with Crippen LogP contribution in [0.25, 0.3) is 0 Å². The molecule has 1 heterocycles. The zero-order chi connectivity index (χ0) is 15.0. The Labute approximate surface area is 124 Å². The van der Waals surface area contributed by atoms with Gasteiger partial charge in [-0.3, -0.25) is 0 Å². The molecule has 0 amide bonds. The highest BCUT2D eigenvalue weighted by Gasteiger charge is 2.32. The number of halogens is 1. The first-order valence-corrected chi connectivity index (χ1v) is 7.15. The second-order valence-corrected chi connectivity index (χ2v) is 6.27. The molecule has 0 saturated heterocycles. The largest absolute Gasteiger partial charge is 0.492 e. The van der Waals surface area contributed by atoms with Gasteiger partial charge in [-0.2, -0.15) is 0 Å². The van der Waals surface area contributed by atoms with E-state index in [0.717, 1.165) is 22.4 Å². The fourth-order valence-electron chi connectivity index (χ4n) is 2.71. The molecule has 0 spiro atoms. The molecule has 1 aliphatic rings. The van der Waals surface area contributed by atoms with E-state index in [-0.39, 0.29) is 11.2 Å². The normalized spacial score (nSPS) is 17.1. The van der Waals surface area contributed by atoms with E-state index < -0.39 is 6.10 Å². The number of fused-ring (bicyclic) bond motifs is 1. The third-order valence-electron chi connectivity index (χ3n) is 4.05. The second kappa shape index (κ2) is 5.15. The first-order chi connectivity index (χ1) is 9.95. The number of rotatable bonds is 3. The van der Waals surface area contributed by atoms with Gasteiger partial charge in [-0.1, -0.05) is 32.0 Å². The van der Waals surface area contributed by atoms with Crippen molar-refractivity contribution in [1.29, 1.82) is 0 Å². The van der Waals surface area contributed by atoms with Crippen LogP contribution < -0.4 is 4.74 Å². The Morgan fingerprint density at radius 3 is 2.62 bits per heavy atom. The molecule has 1 aliphatic heterocycles. The Morgan fingerprint density at radius 2 is 1.90 bits per heavy atom. The Hall–Kier alpha value is -1.87. The summed E-state index contributed by atoms with van der Waals surface area (Å²) in [6.07, 6.45) is -0.127. The van der Waals surface area contributed by atoms with E-state index in [1.807, 2.05) is 18.2 Å². The van der Waals surface area contributed by atoms with Crippen molar-refractivity contribution in [3.05, 3.63) is 65.0 Å². The average molecular weight is 286 g/mol. The molecular formula is C18H19FO2. The average Bonchev–Trinajstić information content (AvgIpc) is 2.77. The summed E-state index contributed by atoms with van der Waals surface area (Å²) in [6, 6.07) is 12.1. The molecule has 1 N–H and O–H groups in total. The quantitative estimate of drug-likeness (QED) is 0.930. The van der Waals surface area contributed by atoms with E-state index in [4.69, 9.17) is 4.74 Å². The summed E-state index contributed by atoms with van der Waals surface area (Å²) in [6.45, 7) is 4.93. The van der Waals surface area contributed by atoms with Gasteiger partial charge in [-0.25, -0.2) is 4.39 Å². The molecule has 2 aromatic carbocycles. The van der Waals surface area contributed by atoms with E-state index in [2.05, 4.69) is 13.8 Å². The van der Waals surface area contributed by atoms with Crippen molar-refractivity contribution < 1.29 is 14.2 Å². The molecule has 0 aromatic heterocycles. The highest BCUT2D eigenvalue weighted by atomic mass is 19.1. The lowest BCUT2D eigenvalue weighted by Gasteiger charge is -2.17. The summed E-state index contributed by atoms with van der Waals surface area (Å²) >= 11 is 0. The lowest BCUT2D eigenvalue weighted by atomic mass is 9.85. The van der Waals surface area contributed by atoms with Crippen LogP contribution in [-0.4, -0.2) is 11.7 Å². The van der Waals surface area contributed by atoms with E-state index in [0.29, 0.717) is 13.0 Å². The summed E-state index contributed by atoms with van der Waals surface area (Å²) in [4.78, 5) is 0. The van der Waals surface area contributed by atoms with Crippen LogP contribution in [0.2, 0.25) is 0 Å². The summed E-state index contributed by atoms with van der Waals surface area (Å²) in [5, 5.41) is 10.4. The van der Waals surface area contributed by atoms with Crippen LogP contribution in [0.3, 0.4) is 0 Å². The third kappa shape index (κ3) is 2.79. The van der Waals surface area contributed by atoms with Crippen molar-refractivity contribution in [2.45, 2.75) is 31.8 Å². The predicted octanol–water partition coefficient (Wildman–Crippen LogP) is 3.77. The molecule has 110 valence electrons. The third-order valence-corrected chi connectivity index (χ3v) is 4.05. The smallest absolute Gasteiger partial charge is 0.123 e. The van der Waals surface area contributed by atoms with E-state index in [1.165, 1.54) is 12.1 Å². The molecule has 2 aromatic rings. The van der Waals surface area contributed by atoms with Gasteiger partial charge in [0, 0.05) is 17.4 Å². The van der Waals surface area contributed by atoms with Gasteiger partial charge in [0.05, 0.1) is 12.7 Å². The SMILES string of the molecule is CC1(C)COc2ccc(C(O)Cc3ccc(F)cc3)cc21. The zero-order valence-corrected chi connectivity index (χ0v) is 12.3. The molecule has 3 rings (SSSR count). The molecule has 2 nitrogen and oxygen atoms in total. The molecule has 3 heteroatoms. The Kier molecular flexibility index (Phi) is 3.46. The van der Waals surface area contributed by atoms with Crippen LogP contribution in [0, 0.1) is 5.82 Å². The van der Waals surface area contributed by atoms with E-state index in [9.17, 15) is 9.50 Å². The van der Waals surface area contributed by atoms with Crippen molar-refractivity contribution in [3.63, 3.8) is 0 Å². The van der Waals surface area contributed by atoms with Crippen LogP contribution in [-0.2, 0) is 11.8 Å². The zero-order valence-electron chi connectivity index (χ0n) is 12.3. The lowest BCUT2D eigenvalue weighted by molar-refractivity contribution is 0.178. The maximum Gasteiger partial charge on any atom is 0.123 e. The first kappa shape index (κ1) is 14.1. The number of aliphatic hydroxyl groups is 1. The number of hydrogen-bond donors (Lipinski definition) is 1. The Bertz CT molecular complexity index is 647. The molecule has 0 fully saturated rings. The molecular weight excluding hydrogens is 267 g/mol. The molecule has 1 unspecified atom stereocenters. The van der Waals surface area contributed by atoms with Gasteiger partial charge in [0.15, 0.2) is 0 Å². The summed E-state index contributed by atoms with van der Waals surface area (Å²) in [7, 11) is 0. The van der Waals surface area contributed by atoms with Gasteiger partial charge in [0.2, 0.25) is 0 Å². The van der Waals surface area contributed by atoms with Crippen molar-refractivity contribution in [3.8, 4) is 5.75 Å². The molecule has 0 aliphatic carbocycles. The van der Waals surface area contributed by atoms with Gasteiger partial charge in [0.25, 0.3) is 0 Å². The van der Waals surface area contributed by atoms with Gasteiger partial charge in [-0.05, 0) is 35.4 Å². The lowest BCUT2D eigenvalue weighted by Crippen LogP contribution is -2.18. The summed E-state index contributed by atoms with van der Waals surface area (Å²) in [5.41, 5.74) is 2.90. The molecule has 0 bridgehead atoms. The Balaban J connectivity index is 1.82. The van der Waals surface area contributed by atoms with E-state index >= 15 is 0 Å². The van der Waals surface area contributed by atoms with Crippen LogP contribution in [0.15, 0.2) is 42.5 Å². The fourth-order valence-corrected chi connectivity index (χ4v) is 2.71. The maximum absolute atomic E-state index is 12.9. The highest BCUT2D eigenvalue weighted by Crippen LogP contribution is 2.39. The minimum Gasteiger partial charge on any atom is -0.492 e. The van der Waals surface area contributed by atoms with E-state index in [1.54, 1.807) is 12.1 Å². The number of aliphatic hydroxyl groups excluding tert-OH is 1. The van der Waals surface area contributed by atoms with Crippen molar-refractivity contribution in [2.75, 3.05) is 6.61 Å². The standard InChI is InChI=1S/C18H19FO2/c1-18(2)11-21-17-8-5-13(10-15(17)18)16(20)9-12-3-6-14(19)7-4-12/h3-8,10,16,20H,9,11H2,1-2H3. The molecule has 1 atom stereocenters. The molecule has 0 saturated carbocycles. The predicted molar refractivity (Wildman–Crippen MR) is 80.0 cm³/mol. The molecule has 0 radical (unpaired) electrons. The maximum atomic E-state index is 12.9. The first-order valence-electron chi connectivity index (χ1n) is 7.15. The summed E-state index contributed by atoms with van der Waals surface area (Å²) < 4.78 is 18.6. The minimum atomic E-state index is -0.600. The van der Waals surface area contributed by atoms with Gasteiger partial charge >= 0.3 is 0 Å². The fraction of sp³-hybridized carbons (Fsp3) is 0.333. The topological polar surface area (TPSA) is 29.5 Å². The van der Waals surface area contributed by atoms with Crippen molar-refractivity contribution in [2.24, 2.45) is 0 Å². The minimum absolute atomic E-state index is 0.0268. The van der Waals surface area contributed by atoms with Gasteiger partial charge in [0.1, 0.15) is 11.6 Å². The summed E-state index contributed by atoms with van der Waals surface area (Å²) in [5.74, 6) is 0.641. The van der Waals surface area contributed by atoms with Crippen LogP contribution in [0.1, 0.15) is 36.6 Å². The van der Waals surface area contributed by atoms with Crippen LogP contribution in [0.5, 0.6) is 5.75 Å². The van der Waals surface area contributed by atoms with Crippen molar-refractivity contribution in [1.82, 2.24) is 0 Å². The number of benzene rings is 2. The van der Waals surface area contributed by atoms with Crippen molar-refractivity contribution >= 4 is 0 Å².